The van der Waals surface area contributed by atoms with Gasteiger partial charge in [-0.1, -0.05) is 0 Å². The second-order valence-electron chi connectivity index (χ2n) is 2.37. The van der Waals surface area contributed by atoms with Gasteiger partial charge < -0.3 is 4.12 Å². The molecule has 0 aliphatic heterocycles. The van der Waals surface area contributed by atoms with E-state index in [9.17, 15) is 4.80 Å². The second-order valence-corrected chi connectivity index (χ2v) is 7.99. The van der Waals surface area contributed by atoms with Crippen molar-refractivity contribution in [2.24, 2.45) is 0 Å². The van der Waals surface area contributed by atoms with Crippen LogP contribution in [0.3, 0.4) is 0 Å². The molecule has 1 radical (unpaired) electrons. The first-order valence-electron chi connectivity index (χ1n) is 2.28. The highest BCUT2D eigenvalue weighted by molar-refractivity contribution is 6.73. The van der Waals surface area contributed by atoms with E-state index in [0.717, 1.165) is 0 Å². The molecule has 0 spiro atoms. The summed E-state index contributed by atoms with van der Waals surface area (Å²) < 4.78 is 4.95. The fourth-order valence-corrected chi connectivity index (χ4v) is 1.59. The van der Waals surface area contributed by atoms with Crippen LogP contribution >= 0.6 is 0 Å². The molecule has 0 bridgehead atoms. The molecule has 2 nitrogen and oxygen atoms in total. The third-order valence-electron chi connectivity index (χ3n) is 0.492. The van der Waals surface area contributed by atoms with Crippen molar-refractivity contribution < 1.29 is 8.91 Å². The molecule has 0 atom stereocenters. The Morgan fingerprint density at radius 1 is 1.43 bits per heavy atom. The Kier molecular flexibility index (Phi) is 2.74. The Balaban J connectivity index is 3.15. The summed E-state index contributed by atoms with van der Waals surface area (Å²) in [5.41, 5.74) is 0. The van der Waals surface area contributed by atoms with Crippen molar-refractivity contribution >= 4 is 18.3 Å². The summed E-state index contributed by atoms with van der Waals surface area (Å²) in [6, 6.07) is 0. The third-order valence-corrected chi connectivity index (χ3v) is 4.43. The molecule has 0 aromatic heterocycles. The maximum Gasteiger partial charge on any atom is 0.333 e. The Bertz CT molecular complexity index is 49.4. The molecule has 0 N–H and O–H groups in total. The van der Waals surface area contributed by atoms with Crippen LogP contribution in [0.1, 0.15) is 0 Å². The quantitative estimate of drug-likeness (QED) is 0.500. The van der Waals surface area contributed by atoms with Crippen LogP contribution in [-0.2, 0) is 8.91 Å². The van der Waals surface area contributed by atoms with Crippen molar-refractivity contribution in [3.05, 3.63) is 0 Å². The van der Waals surface area contributed by atoms with E-state index in [2.05, 4.69) is 0 Å². The van der Waals surface area contributed by atoms with Crippen LogP contribution in [0.15, 0.2) is 0 Å². The number of rotatable bonds is 2. The van der Waals surface area contributed by atoms with Crippen LogP contribution in [0.25, 0.3) is 0 Å². The van der Waals surface area contributed by atoms with Gasteiger partial charge in [-0.2, -0.15) is 0 Å². The highest BCUT2D eigenvalue weighted by Crippen LogP contribution is 1.98. The molecule has 0 saturated carbocycles. The van der Waals surface area contributed by atoms with Gasteiger partial charge in [-0.15, -0.1) is 0 Å². The molecule has 0 saturated heterocycles. The van der Waals surface area contributed by atoms with Gasteiger partial charge in [-0.3, -0.25) is 4.80 Å². The standard InChI is InChI=1S/C3H11O2Si2/c1-7(2,3)5-6-4/h6H2,1-3H3. The maximum absolute atomic E-state index is 9.90. The lowest BCUT2D eigenvalue weighted by Gasteiger charge is -2.13. The van der Waals surface area contributed by atoms with Crippen molar-refractivity contribution in [2.45, 2.75) is 19.6 Å². The first-order chi connectivity index (χ1) is 3.06. The van der Waals surface area contributed by atoms with Crippen molar-refractivity contribution in [3.63, 3.8) is 0 Å². The summed E-state index contributed by atoms with van der Waals surface area (Å²) in [4.78, 5) is 9.90. The predicted molar refractivity (Wildman–Crippen MR) is 33.7 cm³/mol. The van der Waals surface area contributed by atoms with E-state index in [4.69, 9.17) is 4.12 Å². The lowest BCUT2D eigenvalue weighted by Crippen LogP contribution is -2.26. The largest absolute Gasteiger partial charge is 0.439 e. The normalized spacial score (nSPS) is 13.7. The molecule has 0 heterocycles. The van der Waals surface area contributed by atoms with Gasteiger partial charge in [-0.05, 0) is 19.6 Å². The smallest absolute Gasteiger partial charge is 0.333 e. The molecule has 0 aliphatic rings. The lowest BCUT2D eigenvalue weighted by atomic mass is 11.8. The summed E-state index contributed by atoms with van der Waals surface area (Å²) >= 11 is 0. The highest BCUT2D eigenvalue weighted by Gasteiger charge is 2.11. The van der Waals surface area contributed by atoms with Gasteiger partial charge in [0.05, 0.1) is 0 Å². The van der Waals surface area contributed by atoms with E-state index in [0.29, 0.717) is 0 Å². The molecule has 0 amide bonds. The van der Waals surface area contributed by atoms with Crippen LogP contribution < -0.4 is 0 Å². The molecule has 0 rings (SSSR count). The van der Waals surface area contributed by atoms with Crippen LogP contribution in [0.4, 0.5) is 0 Å². The first-order valence-corrected chi connectivity index (χ1v) is 6.84. The Morgan fingerprint density at radius 2 is 1.86 bits per heavy atom. The van der Waals surface area contributed by atoms with E-state index in [1.165, 1.54) is 0 Å². The minimum Gasteiger partial charge on any atom is -0.439 e. The average Bonchev–Trinajstić information content (AvgIpc) is 1.30. The predicted octanol–water partition coefficient (Wildman–Crippen LogP) is 0.267. The van der Waals surface area contributed by atoms with E-state index >= 15 is 0 Å². The maximum atomic E-state index is 9.90. The van der Waals surface area contributed by atoms with Crippen LogP contribution in [0, 0.1) is 0 Å². The van der Waals surface area contributed by atoms with Gasteiger partial charge in [0.2, 0.25) is 0 Å². The second kappa shape index (κ2) is 2.61. The molecule has 0 aromatic carbocycles. The van der Waals surface area contributed by atoms with Gasteiger partial charge in [0, 0.05) is 0 Å². The monoisotopic (exact) mass is 135 g/mol. The molecular formula is C3H11O2Si2. The van der Waals surface area contributed by atoms with Gasteiger partial charge in [0.25, 0.3) is 0 Å². The van der Waals surface area contributed by atoms with Crippen LogP contribution in [0.2, 0.25) is 19.6 Å². The first kappa shape index (κ1) is 7.35. The van der Waals surface area contributed by atoms with Gasteiger partial charge >= 0.3 is 10.0 Å². The number of hydrogen-bond donors (Lipinski definition) is 0. The Labute approximate surface area is 47.7 Å². The zero-order chi connectivity index (χ0) is 5.91. The van der Waals surface area contributed by atoms with Gasteiger partial charge in [0.1, 0.15) is 0 Å². The Morgan fingerprint density at radius 3 is 1.86 bits per heavy atom. The summed E-state index contributed by atoms with van der Waals surface area (Å²) in [6.07, 6.45) is 0. The SMILES string of the molecule is C[Si](C)(C)O[SiH2][O]. The molecule has 0 aromatic rings. The van der Waals surface area contributed by atoms with E-state index in [1.54, 1.807) is 0 Å². The minimum atomic E-state index is -1.41. The van der Waals surface area contributed by atoms with E-state index in [1.807, 2.05) is 19.6 Å². The zero-order valence-electron chi connectivity index (χ0n) is 5.02. The summed E-state index contributed by atoms with van der Waals surface area (Å²) in [5.74, 6) is 0. The van der Waals surface area contributed by atoms with Crippen LogP contribution in [0.5, 0.6) is 0 Å². The molecule has 0 fully saturated rings. The third kappa shape index (κ3) is 6.35. The van der Waals surface area contributed by atoms with E-state index in [-0.39, 0.29) is 0 Å². The highest BCUT2D eigenvalue weighted by atomic mass is 28.4. The molecule has 43 valence electrons. The van der Waals surface area contributed by atoms with Crippen molar-refractivity contribution in [2.75, 3.05) is 0 Å². The van der Waals surface area contributed by atoms with Crippen molar-refractivity contribution in [3.8, 4) is 0 Å². The van der Waals surface area contributed by atoms with Crippen LogP contribution in [-0.4, -0.2) is 18.3 Å². The van der Waals surface area contributed by atoms with Gasteiger partial charge in [-0.25, -0.2) is 0 Å². The summed E-state index contributed by atoms with van der Waals surface area (Å²) in [6.45, 7) is 6.08. The van der Waals surface area contributed by atoms with Gasteiger partial charge in [0.15, 0.2) is 8.32 Å². The summed E-state index contributed by atoms with van der Waals surface area (Å²) in [7, 11) is -2.79. The lowest BCUT2D eigenvalue weighted by molar-refractivity contribution is 0.377. The molecular weight excluding hydrogens is 124 g/mol. The van der Waals surface area contributed by atoms with Crippen molar-refractivity contribution in [1.29, 1.82) is 0 Å². The molecule has 7 heavy (non-hydrogen) atoms. The topological polar surface area (TPSA) is 29.1 Å². The number of hydrogen-bond acceptors (Lipinski definition) is 1. The van der Waals surface area contributed by atoms with E-state index < -0.39 is 18.3 Å². The molecule has 0 aliphatic carbocycles. The Hall–Kier alpha value is 0.354. The molecule has 4 heteroatoms. The fraction of sp³-hybridized carbons (Fsp3) is 1.00. The fourth-order valence-electron chi connectivity index (χ4n) is 0.177. The summed E-state index contributed by atoms with van der Waals surface area (Å²) in [5, 5.41) is 0. The average molecular weight is 135 g/mol. The molecule has 0 unspecified atom stereocenters. The minimum absolute atomic E-state index is 1.38. The zero-order valence-corrected chi connectivity index (χ0v) is 7.44. The van der Waals surface area contributed by atoms with Crippen molar-refractivity contribution in [1.82, 2.24) is 0 Å².